The van der Waals surface area contributed by atoms with E-state index in [4.69, 9.17) is 23.2 Å². The Morgan fingerprint density at radius 2 is 2.17 bits per heavy atom. The van der Waals surface area contributed by atoms with Crippen LogP contribution < -0.4 is 4.72 Å². The number of hydrogen-bond donors (Lipinski definition) is 1. The molecule has 0 saturated heterocycles. The van der Waals surface area contributed by atoms with Crippen molar-refractivity contribution in [2.24, 2.45) is 0 Å². The highest BCUT2D eigenvalue weighted by Crippen LogP contribution is 2.21. The van der Waals surface area contributed by atoms with Crippen LogP contribution >= 0.6 is 23.2 Å². The third-order valence-electron chi connectivity index (χ3n) is 1.79. The second kappa shape index (κ2) is 6.33. The molecule has 0 radical (unpaired) electrons. The number of hydrogen-bond acceptors (Lipinski definition) is 5. The van der Waals surface area contributed by atoms with E-state index in [2.05, 4.69) is 14.4 Å². The highest BCUT2D eigenvalue weighted by Gasteiger charge is 2.17. The van der Waals surface area contributed by atoms with E-state index in [0.717, 1.165) is 12.3 Å². The molecule has 0 aliphatic heterocycles. The molecule has 0 unspecified atom stereocenters. The Morgan fingerprint density at radius 1 is 1.50 bits per heavy atom. The molecular formula is C9H10Cl2N2O4S. The Balaban J connectivity index is 2.80. The van der Waals surface area contributed by atoms with Crippen molar-refractivity contribution in [3.8, 4) is 0 Å². The van der Waals surface area contributed by atoms with Gasteiger partial charge in [-0.3, -0.25) is 4.79 Å². The maximum absolute atomic E-state index is 11.7. The SMILES string of the molecule is CCOC(=O)CNS(=O)(=O)c1cnc(Cl)c(Cl)c1. The lowest BCUT2D eigenvalue weighted by Crippen LogP contribution is -2.30. The monoisotopic (exact) mass is 312 g/mol. The van der Waals surface area contributed by atoms with Gasteiger partial charge < -0.3 is 4.74 Å². The zero-order valence-corrected chi connectivity index (χ0v) is 11.6. The number of nitrogens with one attached hydrogen (secondary N) is 1. The van der Waals surface area contributed by atoms with Crippen molar-refractivity contribution >= 4 is 39.2 Å². The second-order valence-electron chi connectivity index (χ2n) is 3.07. The molecule has 0 aliphatic carbocycles. The van der Waals surface area contributed by atoms with E-state index in [1.165, 1.54) is 0 Å². The normalized spacial score (nSPS) is 11.3. The van der Waals surface area contributed by atoms with E-state index in [1.54, 1.807) is 6.92 Å². The van der Waals surface area contributed by atoms with Crippen molar-refractivity contribution in [1.29, 1.82) is 0 Å². The molecule has 0 amide bonds. The lowest BCUT2D eigenvalue weighted by atomic mass is 10.5. The van der Waals surface area contributed by atoms with Gasteiger partial charge in [-0.2, -0.15) is 4.72 Å². The molecule has 0 atom stereocenters. The van der Waals surface area contributed by atoms with E-state index < -0.39 is 22.5 Å². The van der Waals surface area contributed by atoms with Crippen LogP contribution in [0.15, 0.2) is 17.2 Å². The first-order valence-corrected chi connectivity index (χ1v) is 7.07. The average Bonchev–Trinajstić information content (AvgIpc) is 2.30. The van der Waals surface area contributed by atoms with Gasteiger partial charge >= 0.3 is 5.97 Å². The van der Waals surface area contributed by atoms with E-state index in [9.17, 15) is 13.2 Å². The lowest BCUT2D eigenvalue weighted by molar-refractivity contribution is -0.141. The van der Waals surface area contributed by atoms with Crippen LogP contribution in [0.1, 0.15) is 6.92 Å². The standard InChI is InChI=1S/C9H10Cl2N2O4S/c1-2-17-8(14)5-13-18(15,16)6-3-7(10)9(11)12-4-6/h3-4,13H,2,5H2,1H3. The van der Waals surface area contributed by atoms with Gasteiger partial charge in [-0.1, -0.05) is 23.2 Å². The van der Waals surface area contributed by atoms with Crippen molar-refractivity contribution in [3.63, 3.8) is 0 Å². The number of ether oxygens (including phenoxy) is 1. The summed E-state index contributed by atoms with van der Waals surface area (Å²) in [5, 5.41) is 0.0108. The number of carbonyl (C=O) groups is 1. The summed E-state index contributed by atoms with van der Waals surface area (Å²) >= 11 is 11.2. The fourth-order valence-electron chi connectivity index (χ4n) is 1.000. The maximum atomic E-state index is 11.7. The second-order valence-corrected chi connectivity index (χ2v) is 5.61. The quantitative estimate of drug-likeness (QED) is 0.653. The summed E-state index contributed by atoms with van der Waals surface area (Å²) in [6.07, 6.45) is 1.04. The maximum Gasteiger partial charge on any atom is 0.321 e. The fraction of sp³-hybridized carbons (Fsp3) is 0.333. The first-order chi connectivity index (χ1) is 8.36. The summed E-state index contributed by atoms with van der Waals surface area (Å²) in [5.41, 5.74) is 0. The number of aromatic nitrogens is 1. The third kappa shape index (κ3) is 4.09. The summed E-state index contributed by atoms with van der Waals surface area (Å²) < 4.78 is 30.1. The Morgan fingerprint density at radius 3 is 2.72 bits per heavy atom. The van der Waals surface area contributed by atoms with Crippen molar-refractivity contribution in [2.75, 3.05) is 13.2 Å². The Hall–Kier alpha value is -0.890. The van der Waals surface area contributed by atoms with Crippen molar-refractivity contribution in [1.82, 2.24) is 9.71 Å². The summed E-state index contributed by atoms with van der Waals surface area (Å²) in [4.78, 5) is 14.5. The van der Waals surface area contributed by atoms with E-state index in [1.807, 2.05) is 0 Å². The molecule has 1 aromatic rings. The molecule has 1 N–H and O–H groups in total. The number of halogens is 2. The Labute approximate surface area is 114 Å². The first kappa shape index (κ1) is 15.2. The molecule has 0 bridgehead atoms. The number of esters is 1. The van der Waals surface area contributed by atoms with Crippen LogP contribution in [-0.2, 0) is 19.6 Å². The van der Waals surface area contributed by atoms with Gasteiger partial charge in [-0.05, 0) is 13.0 Å². The summed E-state index contributed by atoms with van der Waals surface area (Å²) in [6, 6.07) is 1.14. The molecule has 0 saturated carbocycles. The van der Waals surface area contributed by atoms with Crippen LogP contribution in [0.3, 0.4) is 0 Å². The molecule has 1 heterocycles. The molecular weight excluding hydrogens is 303 g/mol. The average molecular weight is 313 g/mol. The molecule has 9 heteroatoms. The molecule has 0 aromatic carbocycles. The summed E-state index contributed by atoms with van der Waals surface area (Å²) in [6.45, 7) is 1.33. The number of nitrogens with zero attached hydrogens (tertiary/aromatic N) is 1. The van der Waals surface area contributed by atoms with Gasteiger partial charge in [0.1, 0.15) is 16.6 Å². The van der Waals surface area contributed by atoms with Gasteiger partial charge in [0.2, 0.25) is 10.0 Å². The summed E-state index contributed by atoms with van der Waals surface area (Å²) in [7, 11) is -3.87. The number of sulfonamides is 1. The molecule has 0 fully saturated rings. The fourth-order valence-corrected chi connectivity index (χ4v) is 2.27. The van der Waals surface area contributed by atoms with Gasteiger partial charge in [0.05, 0.1) is 11.6 Å². The van der Waals surface area contributed by atoms with Crippen LogP contribution in [0.4, 0.5) is 0 Å². The predicted molar refractivity (Wildman–Crippen MR) is 66.1 cm³/mol. The molecule has 1 rings (SSSR count). The molecule has 6 nitrogen and oxygen atoms in total. The van der Waals surface area contributed by atoms with Crippen LogP contribution in [0.5, 0.6) is 0 Å². The minimum absolute atomic E-state index is 0.000935. The molecule has 0 spiro atoms. The zero-order chi connectivity index (χ0) is 13.8. The van der Waals surface area contributed by atoms with E-state index in [0.29, 0.717) is 0 Å². The third-order valence-corrected chi connectivity index (χ3v) is 3.85. The first-order valence-electron chi connectivity index (χ1n) is 4.83. The molecule has 100 valence electrons. The minimum Gasteiger partial charge on any atom is -0.465 e. The Kier molecular flexibility index (Phi) is 5.33. The van der Waals surface area contributed by atoms with Crippen LogP contribution in [-0.4, -0.2) is 32.5 Å². The predicted octanol–water partition coefficient (Wildman–Crippen LogP) is 1.23. The van der Waals surface area contributed by atoms with Gasteiger partial charge in [-0.25, -0.2) is 13.4 Å². The van der Waals surface area contributed by atoms with Crippen LogP contribution in [0.2, 0.25) is 10.2 Å². The van der Waals surface area contributed by atoms with E-state index in [-0.39, 0.29) is 21.7 Å². The zero-order valence-electron chi connectivity index (χ0n) is 9.31. The van der Waals surface area contributed by atoms with E-state index >= 15 is 0 Å². The lowest BCUT2D eigenvalue weighted by Gasteiger charge is -2.06. The van der Waals surface area contributed by atoms with Gasteiger partial charge in [-0.15, -0.1) is 0 Å². The molecule has 1 aromatic heterocycles. The highest BCUT2D eigenvalue weighted by molar-refractivity contribution is 7.89. The summed E-state index contributed by atoms with van der Waals surface area (Å²) in [5.74, 6) is -0.672. The number of pyridine rings is 1. The molecule has 0 aliphatic rings. The highest BCUT2D eigenvalue weighted by atomic mass is 35.5. The van der Waals surface area contributed by atoms with Crippen molar-refractivity contribution in [2.45, 2.75) is 11.8 Å². The minimum atomic E-state index is -3.87. The van der Waals surface area contributed by atoms with Gasteiger partial charge in [0.15, 0.2) is 0 Å². The molecule has 18 heavy (non-hydrogen) atoms. The smallest absolute Gasteiger partial charge is 0.321 e. The topological polar surface area (TPSA) is 85.4 Å². The van der Waals surface area contributed by atoms with Crippen LogP contribution in [0, 0.1) is 0 Å². The van der Waals surface area contributed by atoms with Gasteiger partial charge in [0, 0.05) is 6.20 Å². The van der Waals surface area contributed by atoms with Crippen LogP contribution in [0.25, 0.3) is 0 Å². The largest absolute Gasteiger partial charge is 0.465 e. The van der Waals surface area contributed by atoms with Crippen molar-refractivity contribution < 1.29 is 17.9 Å². The van der Waals surface area contributed by atoms with Gasteiger partial charge in [0.25, 0.3) is 0 Å². The number of carbonyl (C=O) groups excluding carboxylic acids is 1. The Bertz CT molecular complexity index is 547. The number of rotatable bonds is 5. The van der Waals surface area contributed by atoms with Crippen molar-refractivity contribution in [3.05, 3.63) is 22.4 Å².